The Balaban J connectivity index is 1.78. The molecule has 0 fully saturated rings. The molecule has 6 heteroatoms. The second-order valence-corrected chi connectivity index (χ2v) is 7.43. The van der Waals surface area contributed by atoms with E-state index in [-0.39, 0.29) is 18.3 Å². The first-order chi connectivity index (χ1) is 14.4. The van der Waals surface area contributed by atoms with Gasteiger partial charge in [-0.3, -0.25) is 9.69 Å². The van der Waals surface area contributed by atoms with Crippen molar-refractivity contribution in [2.45, 2.75) is 26.9 Å². The predicted molar refractivity (Wildman–Crippen MR) is 116 cm³/mol. The van der Waals surface area contributed by atoms with E-state index < -0.39 is 0 Å². The Hall–Kier alpha value is -3.43. The quantitative estimate of drug-likeness (QED) is 0.641. The zero-order chi connectivity index (χ0) is 21.7. The number of hydrogen-bond acceptors (Lipinski definition) is 3. The molecule has 0 radical (unpaired) electrons. The van der Waals surface area contributed by atoms with E-state index in [0.717, 1.165) is 16.8 Å². The zero-order valence-corrected chi connectivity index (χ0v) is 17.4. The molecule has 0 aliphatic carbocycles. The van der Waals surface area contributed by atoms with Gasteiger partial charge in [-0.2, -0.15) is 5.26 Å². The van der Waals surface area contributed by atoms with Crippen LogP contribution in [0.3, 0.4) is 0 Å². The van der Waals surface area contributed by atoms with Gasteiger partial charge < -0.3 is 9.88 Å². The molecule has 30 heavy (non-hydrogen) atoms. The van der Waals surface area contributed by atoms with Gasteiger partial charge in [-0.05, 0) is 38.1 Å². The lowest BCUT2D eigenvalue weighted by atomic mass is 10.2. The molecule has 3 rings (SSSR count). The van der Waals surface area contributed by atoms with Gasteiger partial charge in [0.15, 0.2) is 0 Å². The van der Waals surface area contributed by atoms with Gasteiger partial charge in [0, 0.05) is 24.3 Å². The van der Waals surface area contributed by atoms with Crippen LogP contribution in [0.15, 0.2) is 54.6 Å². The number of amides is 1. The van der Waals surface area contributed by atoms with Gasteiger partial charge in [0.2, 0.25) is 5.91 Å². The average molecular weight is 404 g/mol. The predicted octanol–water partition coefficient (Wildman–Crippen LogP) is 4.23. The van der Waals surface area contributed by atoms with E-state index in [4.69, 9.17) is 0 Å². The Labute approximate surface area is 176 Å². The van der Waals surface area contributed by atoms with Crippen molar-refractivity contribution >= 4 is 11.7 Å². The standard InChI is InChI=1S/C24H25FN4O/c1-17-18(2)29(14-19-9-5-4-6-10-19)24(21(17)13-26)27-23(30)16-28(3)15-20-11-7-8-12-22(20)25/h4-12H,14-16H2,1-3H3,(H,27,30). The van der Waals surface area contributed by atoms with E-state index in [1.165, 1.54) is 6.07 Å². The van der Waals surface area contributed by atoms with Gasteiger partial charge in [0.05, 0.1) is 12.1 Å². The van der Waals surface area contributed by atoms with Crippen LogP contribution in [-0.2, 0) is 17.9 Å². The Morgan fingerprint density at radius 1 is 1.13 bits per heavy atom. The van der Waals surface area contributed by atoms with E-state index >= 15 is 0 Å². The third kappa shape index (κ3) is 4.76. The van der Waals surface area contributed by atoms with Crippen molar-refractivity contribution in [2.75, 3.05) is 18.9 Å². The number of nitrogens with zero attached hydrogens (tertiary/aromatic N) is 3. The fourth-order valence-corrected chi connectivity index (χ4v) is 3.48. The molecule has 0 bridgehead atoms. The Kier molecular flexibility index (Phi) is 6.65. The largest absolute Gasteiger partial charge is 0.326 e. The molecule has 0 atom stereocenters. The van der Waals surface area contributed by atoms with Crippen LogP contribution < -0.4 is 5.32 Å². The molecule has 5 nitrogen and oxygen atoms in total. The van der Waals surface area contributed by atoms with Crippen LogP contribution in [0.2, 0.25) is 0 Å². The summed E-state index contributed by atoms with van der Waals surface area (Å²) in [5.74, 6) is -0.0442. The number of nitriles is 1. The Bertz CT molecular complexity index is 1080. The highest BCUT2D eigenvalue weighted by molar-refractivity contribution is 5.93. The number of hydrogen-bond donors (Lipinski definition) is 1. The number of rotatable bonds is 7. The lowest BCUT2D eigenvalue weighted by molar-refractivity contribution is -0.117. The summed E-state index contributed by atoms with van der Waals surface area (Å²) in [6.07, 6.45) is 0. The zero-order valence-electron chi connectivity index (χ0n) is 17.4. The van der Waals surface area contributed by atoms with E-state index in [1.807, 2.05) is 48.7 Å². The lowest BCUT2D eigenvalue weighted by Gasteiger charge is -2.18. The highest BCUT2D eigenvalue weighted by atomic mass is 19.1. The molecule has 154 valence electrons. The van der Waals surface area contributed by atoms with Gasteiger partial charge >= 0.3 is 0 Å². The van der Waals surface area contributed by atoms with Crippen LogP contribution in [0.5, 0.6) is 0 Å². The van der Waals surface area contributed by atoms with Crippen LogP contribution in [0, 0.1) is 31.0 Å². The molecule has 0 aliphatic rings. The first-order valence-corrected chi connectivity index (χ1v) is 9.76. The summed E-state index contributed by atoms with van der Waals surface area (Å²) in [6.45, 7) is 4.77. The van der Waals surface area contributed by atoms with E-state index in [0.29, 0.717) is 30.0 Å². The Morgan fingerprint density at radius 2 is 1.80 bits per heavy atom. The number of benzene rings is 2. The van der Waals surface area contributed by atoms with Gasteiger partial charge in [0.25, 0.3) is 0 Å². The second-order valence-electron chi connectivity index (χ2n) is 7.43. The van der Waals surface area contributed by atoms with Crippen molar-refractivity contribution in [2.24, 2.45) is 0 Å². The molecule has 0 unspecified atom stereocenters. The smallest absolute Gasteiger partial charge is 0.239 e. The summed E-state index contributed by atoms with van der Waals surface area (Å²) in [5, 5.41) is 12.6. The number of carbonyl (C=O) groups excluding carboxylic acids is 1. The lowest BCUT2D eigenvalue weighted by Crippen LogP contribution is -2.31. The maximum Gasteiger partial charge on any atom is 0.239 e. The van der Waals surface area contributed by atoms with Crippen LogP contribution in [0.4, 0.5) is 10.2 Å². The van der Waals surface area contributed by atoms with Crippen molar-refractivity contribution < 1.29 is 9.18 Å². The number of anilines is 1. The molecule has 0 saturated heterocycles. The second kappa shape index (κ2) is 9.38. The highest BCUT2D eigenvalue weighted by Crippen LogP contribution is 2.27. The van der Waals surface area contributed by atoms with Crippen molar-refractivity contribution in [3.63, 3.8) is 0 Å². The topological polar surface area (TPSA) is 61.1 Å². The monoisotopic (exact) mass is 404 g/mol. The summed E-state index contributed by atoms with van der Waals surface area (Å²) >= 11 is 0. The van der Waals surface area contributed by atoms with E-state index in [2.05, 4.69) is 11.4 Å². The third-order valence-corrected chi connectivity index (χ3v) is 5.19. The molecule has 2 aromatic carbocycles. The number of halogens is 1. The van der Waals surface area contributed by atoms with Crippen molar-refractivity contribution in [1.82, 2.24) is 9.47 Å². The molecule has 1 N–H and O–H groups in total. The first kappa shape index (κ1) is 21.3. The number of aromatic nitrogens is 1. The van der Waals surface area contributed by atoms with Gasteiger partial charge in [-0.15, -0.1) is 0 Å². The first-order valence-electron chi connectivity index (χ1n) is 9.76. The van der Waals surface area contributed by atoms with E-state index in [1.54, 1.807) is 30.1 Å². The Morgan fingerprint density at radius 3 is 2.47 bits per heavy atom. The molecule has 1 amide bonds. The van der Waals surface area contributed by atoms with Crippen LogP contribution in [0.25, 0.3) is 0 Å². The summed E-state index contributed by atoms with van der Waals surface area (Å²) in [6, 6.07) is 18.6. The molecule has 0 aliphatic heterocycles. The molecule has 1 aromatic heterocycles. The molecule has 0 saturated carbocycles. The molecule has 1 heterocycles. The van der Waals surface area contributed by atoms with Gasteiger partial charge in [0.1, 0.15) is 17.7 Å². The van der Waals surface area contributed by atoms with Crippen LogP contribution >= 0.6 is 0 Å². The molecular weight excluding hydrogens is 379 g/mol. The minimum atomic E-state index is -0.292. The number of likely N-dealkylation sites (N-methyl/N-ethyl adjacent to an activating group) is 1. The third-order valence-electron chi connectivity index (χ3n) is 5.19. The highest BCUT2D eigenvalue weighted by Gasteiger charge is 2.20. The SMILES string of the molecule is Cc1c(C#N)c(NC(=O)CN(C)Cc2ccccc2F)n(Cc2ccccc2)c1C. The maximum atomic E-state index is 13.9. The minimum Gasteiger partial charge on any atom is -0.326 e. The van der Waals surface area contributed by atoms with Crippen molar-refractivity contribution in [3.8, 4) is 6.07 Å². The fraction of sp³-hybridized carbons (Fsp3) is 0.250. The van der Waals surface area contributed by atoms with Crippen LogP contribution in [0.1, 0.15) is 27.9 Å². The average Bonchev–Trinajstić information content (AvgIpc) is 2.94. The van der Waals surface area contributed by atoms with Gasteiger partial charge in [-0.1, -0.05) is 48.5 Å². The summed E-state index contributed by atoms with van der Waals surface area (Å²) in [4.78, 5) is 14.5. The van der Waals surface area contributed by atoms with Crippen molar-refractivity contribution in [3.05, 3.63) is 88.4 Å². The maximum absolute atomic E-state index is 13.9. The molecule has 0 spiro atoms. The normalized spacial score (nSPS) is 10.8. The van der Waals surface area contributed by atoms with Gasteiger partial charge in [-0.25, -0.2) is 4.39 Å². The summed E-state index contributed by atoms with van der Waals surface area (Å²) in [5.41, 5.74) is 3.86. The molecule has 3 aromatic rings. The summed E-state index contributed by atoms with van der Waals surface area (Å²) in [7, 11) is 1.76. The minimum absolute atomic E-state index is 0.0772. The molecular formula is C24H25FN4O. The number of nitrogens with one attached hydrogen (secondary N) is 1. The number of carbonyl (C=O) groups is 1. The summed E-state index contributed by atoms with van der Waals surface area (Å²) < 4.78 is 15.8. The van der Waals surface area contributed by atoms with Crippen molar-refractivity contribution in [1.29, 1.82) is 5.26 Å². The fourth-order valence-electron chi connectivity index (χ4n) is 3.48. The van der Waals surface area contributed by atoms with Crippen LogP contribution in [-0.4, -0.2) is 29.0 Å². The van der Waals surface area contributed by atoms with E-state index in [9.17, 15) is 14.4 Å².